The van der Waals surface area contributed by atoms with Gasteiger partial charge in [0.2, 0.25) is 0 Å². The number of benzene rings is 3. The number of nitrogens with one attached hydrogen (secondary N) is 1. The molecular weight excluding hydrogens is 346 g/mol. The highest BCUT2D eigenvalue weighted by atomic mass is 16.5. The van der Waals surface area contributed by atoms with E-state index in [9.17, 15) is 0 Å². The maximum atomic E-state index is 6.01. The molecule has 0 aliphatic carbocycles. The van der Waals surface area contributed by atoms with Gasteiger partial charge in [0.25, 0.3) is 0 Å². The fourth-order valence-corrected chi connectivity index (χ4v) is 2.99. The second-order valence-corrected chi connectivity index (χ2v) is 7.04. The van der Waals surface area contributed by atoms with Gasteiger partial charge in [0.05, 0.1) is 13.2 Å². The summed E-state index contributed by atoms with van der Waals surface area (Å²) in [6.45, 7) is 5.60. The van der Waals surface area contributed by atoms with Crippen LogP contribution in [0, 0.1) is 6.92 Å². The zero-order chi connectivity index (χ0) is 19.6. The molecule has 1 atom stereocenters. The molecule has 0 radical (unpaired) electrons. The summed E-state index contributed by atoms with van der Waals surface area (Å²) in [5.41, 5.74) is 3.58. The predicted octanol–water partition coefficient (Wildman–Crippen LogP) is 5.89. The average molecular weight is 376 g/mol. The Bertz CT molecular complexity index is 831. The first-order valence-electron chi connectivity index (χ1n) is 9.93. The molecule has 3 nitrogen and oxygen atoms in total. The van der Waals surface area contributed by atoms with Gasteiger partial charge in [0.1, 0.15) is 17.6 Å². The quantitative estimate of drug-likeness (QED) is 0.448. The normalized spacial score (nSPS) is 11.6. The van der Waals surface area contributed by atoms with Gasteiger partial charge in [-0.2, -0.15) is 0 Å². The van der Waals surface area contributed by atoms with Gasteiger partial charge in [0, 0.05) is 5.69 Å². The van der Waals surface area contributed by atoms with Crippen molar-refractivity contribution in [1.82, 2.24) is 0 Å². The molecule has 1 N–H and O–H groups in total. The van der Waals surface area contributed by atoms with E-state index < -0.39 is 0 Å². The van der Waals surface area contributed by atoms with Gasteiger partial charge >= 0.3 is 0 Å². The van der Waals surface area contributed by atoms with Gasteiger partial charge in [-0.15, -0.1) is 0 Å². The zero-order valence-corrected chi connectivity index (χ0v) is 16.7. The molecule has 1 unspecified atom stereocenters. The van der Waals surface area contributed by atoms with E-state index >= 15 is 0 Å². The fourth-order valence-electron chi connectivity index (χ4n) is 2.99. The predicted molar refractivity (Wildman–Crippen MR) is 116 cm³/mol. The Balaban J connectivity index is 1.37. The van der Waals surface area contributed by atoms with Gasteiger partial charge in [0.15, 0.2) is 0 Å². The van der Waals surface area contributed by atoms with E-state index in [1.165, 1.54) is 5.56 Å². The minimum atomic E-state index is 0.0787. The first-order valence-corrected chi connectivity index (χ1v) is 9.93. The smallest absolute Gasteiger partial charge is 0.122 e. The third kappa shape index (κ3) is 6.34. The Labute approximate surface area is 168 Å². The number of rotatable bonds is 10. The van der Waals surface area contributed by atoms with Crippen molar-refractivity contribution >= 4 is 5.69 Å². The molecule has 0 saturated carbocycles. The number of aryl methyl sites for hydroxylation is 2. The average Bonchev–Trinajstić information content (AvgIpc) is 2.73. The fraction of sp³-hybridized carbons (Fsp3) is 0.280. The monoisotopic (exact) mass is 375 g/mol. The lowest BCUT2D eigenvalue weighted by atomic mass is 10.1. The first-order chi connectivity index (χ1) is 13.7. The highest BCUT2D eigenvalue weighted by Gasteiger charge is 2.06. The molecule has 0 aliphatic rings. The highest BCUT2D eigenvalue weighted by molar-refractivity contribution is 5.46. The van der Waals surface area contributed by atoms with Crippen LogP contribution in [0.3, 0.4) is 0 Å². The molecule has 0 amide bonds. The second kappa shape index (κ2) is 10.4. The lowest BCUT2D eigenvalue weighted by Gasteiger charge is -2.17. The van der Waals surface area contributed by atoms with Crippen molar-refractivity contribution in [2.24, 2.45) is 0 Å². The summed E-state index contributed by atoms with van der Waals surface area (Å²) in [5.74, 6) is 1.85. The molecule has 0 heterocycles. The molecule has 0 saturated heterocycles. The maximum absolute atomic E-state index is 6.01. The minimum Gasteiger partial charge on any atom is -0.494 e. The molecule has 3 aromatic carbocycles. The van der Waals surface area contributed by atoms with Gasteiger partial charge in [-0.3, -0.25) is 0 Å². The van der Waals surface area contributed by atoms with Crippen LogP contribution in [0.25, 0.3) is 0 Å². The van der Waals surface area contributed by atoms with E-state index in [2.05, 4.69) is 49.5 Å². The zero-order valence-electron chi connectivity index (χ0n) is 16.7. The van der Waals surface area contributed by atoms with Crippen LogP contribution in [0.4, 0.5) is 5.69 Å². The van der Waals surface area contributed by atoms with Gasteiger partial charge in [-0.05, 0) is 68.1 Å². The Morgan fingerprint density at radius 2 is 1.57 bits per heavy atom. The summed E-state index contributed by atoms with van der Waals surface area (Å²) in [6.07, 6.45) is 2.13. The van der Waals surface area contributed by atoms with Crippen LogP contribution in [0.5, 0.6) is 11.5 Å². The largest absolute Gasteiger partial charge is 0.494 e. The van der Waals surface area contributed by atoms with E-state index in [4.69, 9.17) is 9.47 Å². The SMILES string of the molecule is Cc1ccccc1OC(C)CNc1ccc(OCCCc2ccccc2)cc1. The van der Waals surface area contributed by atoms with E-state index in [0.717, 1.165) is 48.7 Å². The molecule has 0 aromatic heterocycles. The molecule has 3 rings (SSSR count). The lowest BCUT2D eigenvalue weighted by Crippen LogP contribution is -2.22. The van der Waals surface area contributed by atoms with Crippen LogP contribution < -0.4 is 14.8 Å². The number of hydrogen-bond acceptors (Lipinski definition) is 3. The van der Waals surface area contributed by atoms with Crippen molar-refractivity contribution in [1.29, 1.82) is 0 Å². The molecule has 0 bridgehead atoms. The molecule has 28 heavy (non-hydrogen) atoms. The van der Waals surface area contributed by atoms with E-state index in [1.807, 2.05) is 48.5 Å². The molecular formula is C25H29NO2. The van der Waals surface area contributed by atoms with Gasteiger partial charge in [-0.1, -0.05) is 48.5 Å². The third-order valence-electron chi connectivity index (χ3n) is 4.59. The van der Waals surface area contributed by atoms with Crippen molar-refractivity contribution in [3.63, 3.8) is 0 Å². The van der Waals surface area contributed by atoms with Crippen molar-refractivity contribution in [2.45, 2.75) is 32.8 Å². The van der Waals surface area contributed by atoms with Crippen LogP contribution in [0.1, 0.15) is 24.5 Å². The summed E-state index contributed by atoms with van der Waals surface area (Å²) in [5, 5.41) is 3.42. The standard InChI is InChI=1S/C25H29NO2/c1-20-9-6-7-13-25(20)28-21(2)19-26-23-14-16-24(17-15-23)27-18-8-12-22-10-4-3-5-11-22/h3-7,9-11,13-17,21,26H,8,12,18-19H2,1-2H3. The summed E-state index contributed by atoms with van der Waals surface area (Å²) in [4.78, 5) is 0. The number of para-hydroxylation sites is 1. The summed E-state index contributed by atoms with van der Waals surface area (Å²) in [6, 6.07) is 26.7. The molecule has 0 fully saturated rings. The third-order valence-corrected chi connectivity index (χ3v) is 4.59. The van der Waals surface area contributed by atoms with Crippen LogP contribution in [0.2, 0.25) is 0 Å². The van der Waals surface area contributed by atoms with Crippen molar-refractivity contribution in [3.05, 3.63) is 90.0 Å². The van der Waals surface area contributed by atoms with Crippen molar-refractivity contribution < 1.29 is 9.47 Å². The van der Waals surface area contributed by atoms with Crippen LogP contribution in [0.15, 0.2) is 78.9 Å². The number of anilines is 1. The van der Waals surface area contributed by atoms with Gasteiger partial charge < -0.3 is 14.8 Å². The van der Waals surface area contributed by atoms with Crippen LogP contribution in [-0.2, 0) is 6.42 Å². The molecule has 0 spiro atoms. The summed E-state index contributed by atoms with van der Waals surface area (Å²) in [7, 11) is 0. The lowest BCUT2D eigenvalue weighted by molar-refractivity contribution is 0.233. The summed E-state index contributed by atoms with van der Waals surface area (Å²) >= 11 is 0. The first kappa shape index (κ1) is 19.8. The highest BCUT2D eigenvalue weighted by Crippen LogP contribution is 2.19. The number of hydrogen-bond donors (Lipinski definition) is 1. The van der Waals surface area contributed by atoms with Crippen molar-refractivity contribution in [3.8, 4) is 11.5 Å². The van der Waals surface area contributed by atoms with Gasteiger partial charge in [-0.25, -0.2) is 0 Å². The maximum Gasteiger partial charge on any atom is 0.122 e. The topological polar surface area (TPSA) is 30.5 Å². The minimum absolute atomic E-state index is 0.0787. The Morgan fingerprint density at radius 3 is 2.32 bits per heavy atom. The molecule has 146 valence electrons. The van der Waals surface area contributed by atoms with E-state index in [-0.39, 0.29) is 6.10 Å². The van der Waals surface area contributed by atoms with Crippen LogP contribution >= 0.6 is 0 Å². The molecule has 3 heteroatoms. The van der Waals surface area contributed by atoms with Crippen LogP contribution in [-0.4, -0.2) is 19.3 Å². The Morgan fingerprint density at radius 1 is 0.857 bits per heavy atom. The second-order valence-electron chi connectivity index (χ2n) is 7.04. The van der Waals surface area contributed by atoms with E-state index in [1.54, 1.807) is 0 Å². The number of ether oxygens (including phenoxy) is 2. The Kier molecular flexibility index (Phi) is 7.36. The Hall–Kier alpha value is -2.94. The molecule has 3 aromatic rings. The van der Waals surface area contributed by atoms with E-state index in [0.29, 0.717) is 0 Å². The molecule has 0 aliphatic heterocycles. The van der Waals surface area contributed by atoms with Crippen molar-refractivity contribution in [2.75, 3.05) is 18.5 Å². The summed E-state index contributed by atoms with van der Waals surface area (Å²) < 4.78 is 11.9.